The van der Waals surface area contributed by atoms with Gasteiger partial charge in [0, 0.05) is 11.5 Å². The van der Waals surface area contributed by atoms with Gasteiger partial charge in [-0.05, 0) is 38.8 Å². The van der Waals surface area contributed by atoms with Gasteiger partial charge < -0.3 is 0 Å². The van der Waals surface area contributed by atoms with Gasteiger partial charge >= 0.3 is 0 Å². The van der Waals surface area contributed by atoms with Crippen LogP contribution in [0.4, 0.5) is 0 Å². The minimum atomic E-state index is -0.232. The second-order valence-corrected chi connectivity index (χ2v) is 4.15. The summed E-state index contributed by atoms with van der Waals surface area (Å²) in [7, 11) is 0. The van der Waals surface area contributed by atoms with Crippen LogP contribution in [0.5, 0.6) is 0 Å². The highest BCUT2D eigenvalue weighted by Gasteiger charge is 2.29. The van der Waals surface area contributed by atoms with Gasteiger partial charge in [0.15, 0.2) is 0 Å². The van der Waals surface area contributed by atoms with Crippen molar-refractivity contribution in [3.8, 4) is 12.3 Å². The lowest BCUT2D eigenvalue weighted by molar-refractivity contribution is 0.127. The van der Waals surface area contributed by atoms with Crippen molar-refractivity contribution in [2.24, 2.45) is 5.11 Å². The summed E-state index contributed by atoms with van der Waals surface area (Å²) >= 11 is 0. The molecule has 0 bridgehead atoms. The molecule has 0 saturated carbocycles. The maximum atomic E-state index is 8.36. The second kappa shape index (κ2) is 4.36. The minimum Gasteiger partial charge on any atom is -0.287 e. The molecule has 1 aliphatic heterocycles. The first-order chi connectivity index (χ1) is 6.60. The lowest BCUT2D eigenvalue weighted by Gasteiger charge is -2.39. The van der Waals surface area contributed by atoms with Crippen molar-refractivity contribution in [2.75, 3.05) is 13.1 Å². The van der Waals surface area contributed by atoms with Gasteiger partial charge in [-0.3, -0.25) is 4.90 Å². The van der Waals surface area contributed by atoms with Crippen LogP contribution < -0.4 is 0 Å². The molecule has 0 aromatic carbocycles. The third-order valence-corrected chi connectivity index (χ3v) is 2.76. The Kier molecular flexibility index (Phi) is 3.40. The predicted octanol–water partition coefficient (Wildman–Crippen LogP) is 2.17. The van der Waals surface area contributed by atoms with Crippen molar-refractivity contribution in [3.05, 3.63) is 10.4 Å². The Morgan fingerprint density at radius 3 is 2.93 bits per heavy atom. The van der Waals surface area contributed by atoms with Gasteiger partial charge in [-0.15, -0.1) is 6.42 Å². The highest BCUT2D eigenvalue weighted by molar-refractivity contribution is 5.09. The van der Waals surface area contributed by atoms with Crippen molar-refractivity contribution >= 4 is 0 Å². The van der Waals surface area contributed by atoms with Gasteiger partial charge in [0.05, 0.1) is 11.6 Å². The SMILES string of the molecule is C#CC(C)(C)N1CCCC(N=[N+]=[N-])C1. The Morgan fingerprint density at radius 2 is 2.36 bits per heavy atom. The summed E-state index contributed by atoms with van der Waals surface area (Å²) in [5.74, 6) is 2.76. The molecule has 1 rings (SSSR count). The predicted molar refractivity (Wildman–Crippen MR) is 56.7 cm³/mol. The fourth-order valence-corrected chi connectivity index (χ4v) is 1.72. The number of azide groups is 1. The van der Waals surface area contributed by atoms with E-state index in [0.29, 0.717) is 0 Å². The number of hydrogen-bond donors (Lipinski definition) is 0. The number of rotatable bonds is 2. The van der Waals surface area contributed by atoms with Crippen LogP contribution in [0.15, 0.2) is 5.11 Å². The molecule has 1 aliphatic rings. The summed E-state index contributed by atoms with van der Waals surface area (Å²) in [6, 6.07) is 0.0846. The zero-order valence-electron chi connectivity index (χ0n) is 8.77. The van der Waals surface area contributed by atoms with Crippen LogP contribution in [-0.4, -0.2) is 29.6 Å². The molecule has 1 unspecified atom stereocenters. The van der Waals surface area contributed by atoms with Crippen LogP contribution in [0.25, 0.3) is 10.4 Å². The number of nitrogens with zero attached hydrogens (tertiary/aromatic N) is 4. The van der Waals surface area contributed by atoms with E-state index in [4.69, 9.17) is 12.0 Å². The Labute approximate surface area is 84.9 Å². The highest BCUT2D eigenvalue weighted by Crippen LogP contribution is 2.21. The molecule has 0 spiro atoms. The summed E-state index contributed by atoms with van der Waals surface area (Å²) < 4.78 is 0. The third-order valence-electron chi connectivity index (χ3n) is 2.76. The fourth-order valence-electron chi connectivity index (χ4n) is 1.72. The average molecular weight is 192 g/mol. The summed E-state index contributed by atoms with van der Waals surface area (Å²) in [6.07, 6.45) is 7.49. The van der Waals surface area contributed by atoms with Crippen molar-refractivity contribution < 1.29 is 0 Å². The Hall–Kier alpha value is -1.17. The first-order valence-corrected chi connectivity index (χ1v) is 4.87. The van der Waals surface area contributed by atoms with Crippen LogP contribution in [0.2, 0.25) is 0 Å². The molecular formula is C10H16N4. The van der Waals surface area contributed by atoms with Gasteiger partial charge in [0.25, 0.3) is 0 Å². The molecule has 1 atom stereocenters. The minimum absolute atomic E-state index is 0.0846. The largest absolute Gasteiger partial charge is 0.287 e. The first-order valence-electron chi connectivity index (χ1n) is 4.87. The fraction of sp³-hybridized carbons (Fsp3) is 0.800. The van der Waals surface area contributed by atoms with E-state index in [0.717, 1.165) is 25.9 Å². The normalized spacial score (nSPS) is 23.6. The van der Waals surface area contributed by atoms with Crippen LogP contribution >= 0.6 is 0 Å². The first kappa shape index (κ1) is 10.9. The zero-order chi connectivity index (χ0) is 10.6. The standard InChI is InChI=1S/C10H16N4/c1-4-10(2,3)14-7-5-6-9(8-14)12-13-11/h1,9H,5-8H2,2-3H3. The maximum absolute atomic E-state index is 8.36. The van der Waals surface area contributed by atoms with Gasteiger partial charge in [0.1, 0.15) is 0 Å². The lowest BCUT2D eigenvalue weighted by atomic mass is 9.98. The van der Waals surface area contributed by atoms with E-state index in [1.807, 2.05) is 13.8 Å². The highest BCUT2D eigenvalue weighted by atomic mass is 15.2. The zero-order valence-corrected chi connectivity index (χ0v) is 8.77. The van der Waals surface area contributed by atoms with E-state index in [1.54, 1.807) is 0 Å². The molecule has 0 radical (unpaired) electrons. The molecule has 1 saturated heterocycles. The maximum Gasteiger partial charge on any atom is 0.0766 e. The topological polar surface area (TPSA) is 52.0 Å². The molecule has 1 fully saturated rings. The monoisotopic (exact) mass is 192 g/mol. The van der Waals surface area contributed by atoms with E-state index in [1.165, 1.54) is 0 Å². The molecule has 0 amide bonds. The summed E-state index contributed by atoms with van der Waals surface area (Å²) in [5.41, 5.74) is 8.13. The van der Waals surface area contributed by atoms with Crippen molar-refractivity contribution in [1.29, 1.82) is 0 Å². The second-order valence-electron chi connectivity index (χ2n) is 4.15. The van der Waals surface area contributed by atoms with Gasteiger partial charge in [-0.2, -0.15) is 0 Å². The molecular weight excluding hydrogens is 176 g/mol. The van der Waals surface area contributed by atoms with Gasteiger partial charge in [-0.25, -0.2) is 0 Å². The van der Waals surface area contributed by atoms with Crippen molar-refractivity contribution in [2.45, 2.75) is 38.3 Å². The number of terminal acetylenes is 1. The molecule has 0 aromatic heterocycles. The van der Waals surface area contributed by atoms with E-state index in [2.05, 4.69) is 20.8 Å². The van der Waals surface area contributed by atoms with Gasteiger partial charge in [-0.1, -0.05) is 11.0 Å². The smallest absolute Gasteiger partial charge is 0.0766 e. The summed E-state index contributed by atoms with van der Waals surface area (Å²) in [5, 5.41) is 3.75. The van der Waals surface area contributed by atoms with Crippen LogP contribution in [0, 0.1) is 12.3 Å². The molecule has 1 heterocycles. The third kappa shape index (κ3) is 2.41. The van der Waals surface area contributed by atoms with Crippen molar-refractivity contribution in [1.82, 2.24) is 4.90 Å². The molecule has 0 aromatic rings. The number of piperidine rings is 1. The van der Waals surface area contributed by atoms with Crippen LogP contribution in [0.1, 0.15) is 26.7 Å². The van der Waals surface area contributed by atoms with E-state index in [-0.39, 0.29) is 11.6 Å². The number of likely N-dealkylation sites (tertiary alicyclic amines) is 1. The van der Waals surface area contributed by atoms with Crippen molar-refractivity contribution in [3.63, 3.8) is 0 Å². The average Bonchev–Trinajstić information content (AvgIpc) is 2.19. The van der Waals surface area contributed by atoms with E-state index >= 15 is 0 Å². The molecule has 14 heavy (non-hydrogen) atoms. The Bertz CT molecular complexity index is 283. The quantitative estimate of drug-likeness (QED) is 0.286. The van der Waals surface area contributed by atoms with E-state index < -0.39 is 0 Å². The summed E-state index contributed by atoms with van der Waals surface area (Å²) in [4.78, 5) is 5.05. The Balaban J connectivity index is 2.65. The molecule has 0 aliphatic carbocycles. The van der Waals surface area contributed by atoms with E-state index in [9.17, 15) is 0 Å². The van der Waals surface area contributed by atoms with Crippen LogP contribution in [-0.2, 0) is 0 Å². The van der Waals surface area contributed by atoms with Gasteiger partial charge in [0.2, 0.25) is 0 Å². The number of hydrogen-bond acceptors (Lipinski definition) is 2. The Morgan fingerprint density at radius 1 is 1.64 bits per heavy atom. The molecule has 4 heteroatoms. The molecule has 0 N–H and O–H groups in total. The summed E-state index contributed by atoms with van der Waals surface area (Å²) in [6.45, 7) is 5.81. The molecule has 4 nitrogen and oxygen atoms in total. The van der Waals surface area contributed by atoms with Crippen LogP contribution in [0.3, 0.4) is 0 Å². The lowest BCUT2D eigenvalue weighted by Crippen LogP contribution is -2.49. The molecule has 76 valence electrons.